The molecule has 0 nitrogen and oxygen atoms in total. The summed E-state index contributed by atoms with van der Waals surface area (Å²) in [5, 5.41) is 0. The van der Waals surface area contributed by atoms with Crippen LogP contribution in [-0.2, 0) is 0 Å². The van der Waals surface area contributed by atoms with Crippen LogP contribution in [0.25, 0.3) is 0 Å². The van der Waals surface area contributed by atoms with Crippen molar-refractivity contribution in [3.8, 4) is 0 Å². The fraction of sp³-hybridized carbons (Fsp3) is 0.667. The Morgan fingerprint density at radius 1 is 0.583 bits per heavy atom. The molecule has 0 heterocycles. The van der Waals surface area contributed by atoms with Gasteiger partial charge in [-0.3, -0.25) is 0 Å². The van der Waals surface area contributed by atoms with Crippen molar-refractivity contribution in [3.63, 3.8) is 0 Å². The third-order valence-corrected chi connectivity index (χ3v) is 1.44. The summed E-state index contributed by atoms with van der Waals surface area (Å²) in [7, 11) is 0. The Kier molecular flexibility index (Phi) is 12.3. The van der Waals surface area contributed by atoms with Crippen molar-refractivity contribution < 1.29 is 0 Å². The summed E-state index contributed by atoms with van der Waals surface area (Å²) in [4.78, 5) is 0. The summed E-state index contributed by atoms with van der Waals surface area (Å²) in [6.07, 6.45) is 8.96. The molecule has 0 aromatic carbocycles. The number of rotatable bonds is 0. The zero-order valence-electron chi connectivity index (χ0n) is 9.46. The molecule has 0 unspecified atom stereocenters. The third kappa shape index (κ3) is 7.59. The Labute approximate surface area is 78.4 Å². The summed E-state index contributed by atoms with van der Waals surface area (Å²) < 4.78 is 0. The van der Waals surface area contributed by atoms with Gasteiger partial charge in [0.05, 0.1) is 0 Å². The third-order valence-electron chi connectivity index (χ3n) is 1.44. The molecule has 0 saturated carbocycles. The van der Waals surface area contributed by atoms with E-state index in [1.807, 2.05) is 27.7 Å². The Bertz CT molecular complexity index is 92.0. The van der Waals surface area contributed by atoms with E-state index in [0.717, 1.165) is 0 Å². The molecule has 0 amide bonds. The molecule has 0 spiro atoms. The second kappa shape index (κ2) is 10.5. The second-order valence-corrected chi connectivity index (χ2v) is 2.49. The predicted molar refractivity (Wildman–Crippen MR) is 59.3 cm³/mol. The highest BCUT2D eigenvalue weighted by molar-refractivity contribution is 5.10. The topological polar surface area (TPSA) is 0 Å². The van der Waals surface area contributed by atoms with Gasteiger partial charge < -0.3 is 0 Å². The van der Waals surface area contributed by atoms with Crippen molar-refractivity contribution >= 4 is 0 Å². The minimum absolute atomic E-state index is 0.659. The molecule has 0 heteroatoms. The maximum atomic E-state index is 2.24. The first-order chi connectivity index (χ1) is 5.79. The normalized spacial score (nSPS) is 24.8. The van der Waals surface area contributed by atoms with Gasteiger partial charge in [0.15, 0.2) is 0 Å². The highest BCUT2D eigenvalue weighted by Crippen LogP contribution is 2.12. The number of hydrogen-bond acceptors (Lipinski definition) is 0. The fourth-order valence-corrected chi connectivity index (χ4v) is 0.829. The molecule has 12 heavy (non-hydrogen) atoms. The molecule has 0 radical (unpaired) electrons. The molecule has 0 atom stereocenters. The summed E-state index contributed by atoms with van der Waals surface area (Å²) in [5.74, 6) is 1.32. The maximum absolute atomic E-state index is 2.24. The lowest BCUT2D eigenvalue weighted by Gasteiger charge is -2.07. The average Bonchev–Trinajstić information content (AvgIpc) is 2.17. The van der Waals surface area contributed by atoms with Crippen LogP contribution >= 0.6 is 0 Å². The van der Waals surface area contributed by atoms with Crippen LogP contribution in [0.15, 0.2) is 24.3 Å². The largest absolute Gasteiger partial charge is 0.0813 e. The molecular weight excluding hydrogens is 144 g/mol. The zero-order chi connectivity index (χ0) is 9.98. The monoisotopic (exact) mass is 168 g/mol. The van der Waals surface area contributed by atoms with Gasteiger partial charge in [-0.25, -0.2) is 0 Å². The molecule has 0 aliphatic heterocycles. The van der Waals surface area contributed by atoms with Crippen LogP contribution in [0.1, 0.15) is 41.5 Å². The van der Waals surface area contributed by atoms with Gasteiger partial charge in [-0.05, 0) is 11.8 Å². The highest BCUT2D eigenvalue weighted by atomic mass is 14.0. The van der Waals surface area contributed by atoms with Gasteiger partial charge in [-0.2, -0.15) is 0 Å². The van der Waals surface area contributed by atoms with Crippen molar-refractivity contribution in [2.24, 2.45) is 11.8 Å². The standard InChI is InChI=1S/C8H12.2C2H6/c1-7-3-5-8(2)6-4-7;2*1-2/h3-8H,1-2H3;2*1-2H3. The number of hydrogen-bond donors (Lipinski definition) is 0. The Balaban J connectivity index is 0. The van der Waals surface area contributed by atoms with Crippen LogP contribution in [0.2, 0.25) is 0 Å². The summed E-state index contributed by atoms with van der Waals surface area (Å²) in [6.45, 7) is 12.4. The maximum Gasteiger partial charge on any atom is -0.00815 e. The van der Waals surface area contributed by atoms with E-state index in [-0.39, 0.29) is 0 Å². The van der Waals surface area contributed by atoms with Crippen LogP contribution in [0.4, 0.5) is 0 Å². The Morgan fingerprint density at radius 2 is 0.750 bits per heavy atom. The molecule has 0 bridgehead atoms. The molecule has 0 N–H and O–H groups in total. The fourth-order valence-electron chi connectivity index (χ4n) is 0.829. The van der Waals surface area contributed by atoms with Gasteiger partial charge in [-0.1, -0.05) is 65.8 Å². The summed E-state index contributed by atoms with van der Waals surface area (Å²) >= 11 is 0. The molecule has 1 aliphatic rings. The first kappa shape index (κ1) is 14.0. The van der Waals surface area contributed by atoms with Crippen molar-refractivity contribution in [2.45, 2.75) is 41.5 Å². The van der Waals surface area contributed by atoms with E-state index >= 15 is 0 Å². The minimum atomic E-state index is 0.659. The quantitative estimate of drug-likeness (QED) is 0.469. The van der Waals surface area contributed by atoms with Gasteiger partial charge in [0.2, 0.25) is 0 Å². The van der Waals surface area contributed by atoms with Crippen molar-refractivity contribution in [1.29, 1.82) is 0 Å². The van der Waals surface area contributed by atoms with Crippen LogP contribution < -0.4 is 0 Å². The van der Waals surface area contributed by atoms with E-state index in [2.05, 4.69) is 38.2 Å². The molecule has 0 aromatic rings. The van der Waals surface area contributed by atoms with Crippen molar-refractivity contribution in [1.82, 2.24) is 0 Å². The lowest BCUT2D eigenvalue weighted by Crippen LogP contribution is -1.93. The van der Waals surface area contributed by atoms with Crippen LogP contribution in [0, 0.1) is 11.8 Å². The van der Waals surface area contributed by atoms with E-state index in [4.69, 9.17) is 0 Å². The average molecular weight is 168 g/mol. The van der Waals surface area contributed by atoms with E-state index in [0.29, 0.717) is 11.8 Å². The van der Waals surface area contributed by atoms with Gasteiger partial charge in [-0.15, -0.1) is 0 Å². The van der Waals surface area contributed by atoms with Gasteiger partial charge in [0, 0.05) is 0 Å². The molecule has 1 aliphatic carbocycles. The molecule has 0 fully saturated rings. The summed E-state index contributed by atoms with van der Waals surface area (Å²) in [5.41, 5.74) is 0. The number of allylic oxidation sites excluding steroid dienone is 4. The lowest BCUT2D eigenvalue weighted by atomic mass is 9.99. The predicted octanol–water partition coefficient (Wildman–Crippen LogP) is 4.44. The van der Waals surface area contributed by atoms with Crippen LogP contribution in [0.3, 0.4) is 0 Å². The molecule has 72 valence electrons. The Hall–Kier alpha value is -0.520. The second-order valence-electron chi connectivity index (χ2n) is 2.49. The first-order valence-corrected chi connectivity index (χ1v) is 5.15. The highest BCUT2D eigenvalue weighted by Gasteiger charge is 1.98. The van der Waals surface area contributed by atoms with Gasteiger partial charge >= 0.3 is 0 Å². The van der Waals surface area contributed by atoms with E-state index in [1.54, 1.807) is 0 Å². The van der Waals surface area contributed by atoms with E-state index in [1.165, 1.54) is 0 Å². The minimum Gasteiger partial charge on any atom is -0.0813 e. The van der Waals surface area contributed by atoms with Gasteiger partial charge in [0.1, 0.15) is 0 Å². The zero-order valence-corrected chi connectivity index (χ0v) is 9.46. The molecule has 1 rings (SSSR count). The SMILES string of the molecule is CC.CC.CC1C=CC(C)C=C1. The smallest absolute Gasteiger partial charge is 0.00815 e. The lowest BCUT2D eigenvalue weighted by molar-refractivity contribution is 0.827. The Morgan fingerprint density at radius 3 is 0.917 bits per heavy atom. The molecule has 0 aromatic heterocycles. The molecular formula is C12H24. The van der Waals surface area contributed by atoms with Crippen LogP contribution in [-0.4, -0.2) is 0 Å². The summed E-state index contributed by atoms with van der Waals surface area (Å²) in [6, 6.07) is 0. The van der Waals surface area contributed by atoms with Crippen LogP contribution in [0.5, 0.6) is 0 Å². The first-order valence-electron chi connectivity index (χ1n) is 5.15. The molecule has 0 saturated heterocycles. The van der Waals surface area contributed by atoms with Gasteiger partial charge in [0.25, 0.3) is 0 Å². The van der Waals surface area contributed by atoms with Crippen molar-refractivity contribution in [2.75, 3.05) is 0 Å². The van der Waals surface area contributed by atoms with Crippen molar-refractivity contribution in [3.05, 3.63) is 24.3 Å². The van der Waals surface area contributed by atoms with E-state index in [9.17, 15) is 0 Å². The van der Waals surface area contributed by atoms with E-state index < -0.39 is 0 Å².